The molecule has 17 heavy (non-hydrogen) atoms. The lowest BCUT2D eigenvalue weighted by molar-refractivity contribution is -0.155. The third kappa shape index (κ3) is 2.28. The van der Waals surface area contributed by atoms with Gasteiger partial charge < -0.3 is 9.47 Å². The van der Waals surface area contributed by atoms with E-state index in [2.05, 4.69) is 9.72 Å². The van der Waals surface area contributed by atoms with Crippen molar-refractivity contribution in [1.29, 1.82) is 0 Å². The third-order valence-electron chi connectivity index (χ3n) is 2.62. The van der Waals surface area contributed by atoms with Crippen LogP contribution in [0.4, 0.5) is 0 Å². The predicted octanol–water partition coefficient (Wildman–Crippen LogP) is -0.613. The van der Waals surface area contributed by atoms with E-state index in [0.29, 0.717) is 12.8 Å². The van der Waals surface area contributed by atoms with Gasteiger partial charge in [0, 0.05) is 12.3 Å². The molecule has 0 saturated carbocycles. The molecule has 0 spiro atoms. The maximum atomic E-state index is 11.5. The molecule has 0 amide bonds. The zero-order valence-corrected chi connectivity index (χ0v) is 9.21. The van der Waals surface area contributed by atoms with E-state index in [1.807, 2.05) is 0 Å². The van der Waals surface area contributed by atoms with Crippen LogP contribution >= 0.6 is 0 Å². The van der Waals surface area contributed by atoms with Crippen LogP contribution in [0.25, 0.3) is 0 Å². The van der Waals surface area contributed by atoms with E-state index in [1.165, 1.54) is 23.9 Å². The van der Waals surface area contributed by atoms with Crippen LogP contribution < -0.4 is 11.2 Å². The van der Waals surface area contributed by atoms with Crippen LogP contribution in [0, 0.1) is 0 Å². The summed E-state index contributed by atoms with van der Waals surface area (Å²) in [5, 5.41) is 0. The standard InChI is InChI=1S/C10H12N2O5/c1-16-9(14)6-2-3-8(17-6)12-5-4-7(13)11-10(12)15/h4-6,8H,2-3H2,1H3,(H,11,13,15)/t6-,8+/m0/s1. The monoisotopic (exact) mass is 240 g/mol. The second-order valence-corrected chi connectivity index (χ2v) is 3.70. The first-order valence-electron chi connectivity index (χ1n) is 5.16. The highest BCUT2D eigenvalue weighted by Crippen LogP contribution is 2.27. The lowest BCUT2D eigenvalue weighted by atomic mass is 10.2. The number of hydrogen-bond acceptors (Lipinski definition) is 5. The maximum Gasteiger partial charge on any atom is 0.335 e. The minimum absolute atomic E-state index is 0.454. The van der Waals surface area contributed by atoms with Crippen molar-refractivity contribution >= 4 is 5.97 Å². The van der Waals surface area contributed by atoms with Crippen molar-refractivity contribution in [3.8, 4) is 0 Å². The molecule has 2 rings (SSSR count). The van der Waals surface area contributed by atoms with E-state index >= 15 is 0 Å². The van der Waals surface area contributed by atoms with Crippen LogP contribution in [0.1, 0.15) is 19.1 Å². The smallest absolute Gasteiger partial charge is 0.335 e. The number of ether oxygens (including phenoxy) is 2. The topological polar surface area (TPSA) is 90.4 Å². The summed E-state index contributed by atoms with van der Waals surface area (Å²) < 4.78 is 11.2. The molecule has 1 aromatic heterocycles. The molecule has 0 radical (unpaired) electrons. The highest BCUT2D eigenvalue weighted by molar-refractivity contribution is 5.74. The van der Waals surface area contributed by atoms with Gasteiger partial charge in [0.05, 0.1) is 7.11 Å². The van der Waals surface area contributed by atoms with Crippen molar-refractivity contribution in [1.82, 2.24) is 9.55 Å². The summed E-state index contributed by atoms with van der Waals surface area (Å²) in [4.78, 5) is 35.7. The SMILES string of the molecule is COC(=O)[C@@H]1CC[C@H](n2ccc(=O)[nH]c2=O)O1. The molecule has 7 heteroatoms. The van der Waals surface area contributed by atoms with Gasteiger partial charge in [-0.25, -0.2) is 9.59 Å². The van der Waals surface area contributed by atoms with E-state index < -0.39 is 29.6 Å². The zero-order valence-electron chi connectivity index (χ0n) is 9.21. The summed E-state index contributed by atoms with van der Waals surface area (Å²) >= 11 is 0. The summed E-state index contributed by atoms with van der Waals surface area (Å²) in [5.41, 5.74) is -1.01. The Morgan fingerprint density at radius 3 is 2.94 bits per heavy atom. The number of H-pyrrole nitrogens is 1. The zero-order chi connectivity index (χ0) is 12.4. The Kier molecular flexibility index (Phi) is 3.10. The first kappa shape index (κ1) is 11.6. The molecular weight excluding hydrogens is 228 g/mol. The molecular formula is C10H12N2O5. The van der Waals surface area contributed by atoms with Crippen molar-refractivity contribution in [3.05, 3.63) is 33.1 Å². The van der Waals surface area contributed by atoms with Gasteiger partial charge in [0.2, 0.25) is 0 Å². The van der Waals surface area contributed by atoms with Crippen LogP contribution in [0.15, 0.2) is 21.9 Å². The Morgan fingerprint density at radius 1 is 1.53 bits per heavy atom. The van der Waals surface area contributed by atoms with E-state index in [0.717, 1.165) is 0 Å². The first-order chi connectivity index (χ1) is 8.11. The molecule has 2 atom stereocenters. The number of carbonyl (C=O) groups is 1. The van der Waals surface area contributed by atoms with Gasteiger partial charge in [0.25, 0.3) is 5.56 Å². The van der Waals surface area contributed by atoms with E-state index in [-0.39, 0.29) is 0 Å². The number of methoxy groups -OCH3 is 1. The van der Waals surface area contributed by atoms with Crippen molar-refractivity contribution in [2.45, 2.75) is 25.2 Å². The van der Waals surface area contributed by atoms with E-state index in [9.17, 15) is 14.4 Å². The molecule has 1 aliphatic heterocycles. The minimum Gasteiger partial charge on any atom is -0.467 e. The van der Waals surface area contributed by atoms with Crippen LogP contribution in [0.2, 0.25) is 0 Å². The molecule has 7 nitrogen and oxygen atoms in total. The fraction of sp³-hybridized carbons (Fsp3) is 0.500. The molecule has 0 aromatic carbocycles. The largest absolute Gasteiger partial charge is 0.467 e. The number of aromatic nitrogens is 2. The highest BCUT2D eigenvalue weighted by Gasteiger charge is 2.32. The van der Waals surface area contributed by atoms with Crippen molar-refractivity contribution in [2.75, 3.05) is 7.11 Å². The average molecular weight is 240 g/mol. The molecule has 0 unspecified atom stereocenters. The average Bonchev–Trinajstić information content (AvgIpc) is 2.77. The molecule has 92 valence electrons. The van der Waals surface area contributed by atoms with Crippen molar-refractivity contribution in [3.63, 3.8) is 0 Å². The van der Waals surface area contributed by atoms with Gasteiger partial charge in [-0.15, -0.1) is 0 Å². The Labute approximate surface area is 96.0 Å². The quantitative estimate of drug-likeness (QED) is 0.696. The summed E-state index contributed by atoms with van der Waals surface area (Å²) in [7, 11) is 1.28. The summed E-state index contributed by atoms with van der Waals surface area (Å²) in [5.74, 6) is -0.454. The van der Waals surface area contributed by atoms with Gasteiger partial charge in [0.15, 0.2) is 6.10 Å². The van der Waals surface area contributed by atoms with Gasteiger partial charge in [-0.05, 0) is 12.8 Å². The number of nitrogens with zero attached hydrogens (tertiary/aromatic N) is 1. The molecule has 0 bridgehead atoms. The Bertz CT molecular complexity index is 532. The molecule has 0 aliphatic carbocycles. The molecule has 1 N–H and O–H groups in total. The van der Waals surface area contributed by atoms with Crippen LogP contribution in [-0.2, 0) is 14.3 Å². The number of aromatic amines is 1. The lowest BCUT2D eigenvalue weighted by Gasteiger charge is -2.13. The number of nitrogens with one attached hydrogen (secondary N) is 1. The maximum absolute atomic E-state index is 11.5. The second-order valence-electron chi connectivity index (χ2n) is 3.70. The van der Waals surface area contributed by atoms with Gasteiger partial charge in [-0.3, -0.25) is 14.3 Å². The predicted molar refractivity (Wildman–Crippen MR) is 56.5 cm³/mol. The van der Waals surface area contributed by atoms with Crippen LogP contribution in [0.5, 0.6) is 0 Å². The molecule has 1 aromatic rings. The number of hydrogen-bond donors (Lipinski definition) is 1. The third-order valence-corrected chi connectivity index (χ3v) is 2.62. The van der Waals surface area contributed by atoms with Gasteiger partial charge in [-0.1, -0.05) is 0 Å². The number of carbonyl (C=O) groups excluding carboxylic acids is 1. The summed E-state index contributed by atoms with van der Waals surface area (Å²) in [6, 6.07) is 1.23. The molecule has 1 saturated heterocycles. The van der Waals surface area contributed by atoms with Crippen molar-refractivity contribution in [2.24, 2.45) is 0 Å². The van der Waals surface area contributed by atoms with Gasteiger partial charge >= 0.3 is 11.7 Å². The minimum atomic E-state index is -0.649. The highest BCUT2D eigenvalue weighted by atomic mass is 16.6. The van der Waals surface area contributed by atoms with Crippen LogP contribution in [-0.4, -0.2) is 28.7 Å². The van der Waals surface area contributed by atoms with E-state index in [1.54, 1.807) is 0 Å². The fourth-order valence-corrected chi connectivity index (χ4v) is 1.78. The van der Waals surface area contributed by atoms with E-state index in [4.69, 9.17) is 4.74 Å². The van der Waals surface area contributed by atoms with Gasteiger partial charge in [0.1, 0.15) is 6.23 Å². The lowest BCUT2D eigenvalue weighted by Crippen LogP contribution is -2.32. The summed E-state index contributed by atoms with van der Waals surface area (Å²) in [6.07, 6.45) is 1.17. The Hall–Kier alpha value is -1.89. The van der Waals surface area contributed by atoms with Crippen molar-refractivity contribution < 1.29 is 14.3 Å². The summed E-state index contributed by atoms with van der Waals surface area (Å²) in [6.45, 7) is 0. The molecule has 2 heterocycles. The Balaban J connectivity index is 2.18. The first-order valence-corrected chi connectivity index (χ1v) is 5.16. The Morgan fingerprint density at radius 2 is 2.29 bits per heavy atom. The fourth-order valence-electron chi connectivity index (χ4n) is 1.78. The number of esters is 1. The van der Waals surface area contributed by atoms with Gasteiger partial charge in [-0.2, -0.15) is 0 Å². The van der Waals surface area contributed by atoms with Crippen LogP contribution in [0.3, 0.4) is 0 Å². The molecule has 1 fully saturated rings. The number of rotatable bonds is 2. The normalized spacial score (nSPS) is 23.6. The second kappa shape index (κ2) is 4.54. The molecule has 1 aliphatic rings.